The summed E-state index contributed by atoms with van der Waals surface area (Å²) in [5.41, 5.74) is 0.675. The van der Waals surface area contributed by atoms with Gasteiger partial charge in [0.15, 0.2) is 11.6 Å². The highest BCUT2D eigenvalue weighted by Gasteiger charge is 2.70. The summed E-state index contributed by atoms with van der Waals surface area (Å²) in [7, 11) is 0. The van der Waals surface area contributed by atoms with E-state index >= 15 is 0 Å². The van der Waals surface area contributed by atoms with Gasteiger partial charge in [-0.3, -0.25) is 4.79 Å². The van der Waals surface area contributed by atoms with Crippen molar-refractivity contribution in [1.82, 2.24) is 0 Å². The molecular formula is C27H40O5. The quantitative estimate of drug-likeness (QED) is 0.593. The van der Waals surface area contributed by atoms with Crippen LogP contribution in [0.5, 0.6) is 0 Å². The van der Waals surface area contributed by atoms with Crippen molar-refractivity contribution in [3.63, 3.8) is 0 Å². The standard InChI is InChI=1S/C27H40O5/c1-14-7-8-27(31-13-14)15(2)24-22(32-27)10-19-17-6-5-16-9-20(28)21(29)12-25(16,3)18(17)11-23(30)26(19,24)4/h11,14-17,19-22,24,28-29H,5-10,12-13H2,1-4H3. The minimum Gasteiger partial charge on any atom is -0.390 e. The van der Waals surface area contributed by atoms with Crippen LogP contribution in [0.3, 0.4) is 0 Å². The summed E-state index contributed by atoms with van der Waals surface area (Å²) in [6.07, 6.45) is 7.09. The maximum Gasteiger partial charge on any atom is 0.171 e. The maximum absolute atomic E-state index is 13.9. The second kappa shape index (κ2) is 6.90. The number of aliphatic hydroxyl groups excluding tert-OH is 2. The first-order valence-corrected chi connectivity index (χ1v) is 13.0. The molecule has 4 aliphatic carbocycles. The fourth-order valence-corrected chi connectivity index (χ4v) is 9.32. The lowest BCUT2D eigenvalue weighted by Crippen LogP contribution is -2.55. The van der Waals surface area contributed by atoms with Gasteiger partial charge in [0.2, 0.25) is 0 Å². The lowest BCUT2D eigenvalue weighted by atomic mass is 9.47. The van der Waals surface area contributed by atoms with Crippen LogP contribution in [0.2, 0.25) is 0 Å². The molecule has 5 heteroatoms. The van der Waals surface area contributed by atoms with E-state index in [0.29, 0.717) is 36.5 Å². The summed E-state index contributed by atoms with van der Waals surface area (Å²) in [5, 5.41) is 20.8. The van der Waals surface area contributed by atoms with Gasteiger partial charge in [0, 0.05) is 23.7 Å². The maximum atomic E-state index is 13.9. The number of fused-ring (bicyclic) bond motifs is 7. The van der Waals surface area contributed by atoms with Crippen molar-refractivity contribution in [3.8, 4) is 0 Å². The fourth-order valence-electron chi connectivity index (χ4n) is 9.32. The number of ketones is 1. The highest BCUT2D eigenvalue weighted by atomic mass is 16.7. The monoisotopic (exact) mass is 444 g/mol. The van der Waals surface area contributed by atoms with Crippen LogP contribution < -0.4 is 0 Å². The molecule has 2 N–H and O–H groups in total. The van der Waals surface area contributed by atoms with E-state index in [-0.39, 0.29) is 29.1 Å². The number of allylic oxidation sites excluding steroid dienone is 2. The molecule has 0 radical (unpaired) electrons. The molecule has 5 fully saturated rings. The van der Waals surface area contributed by atoms with Gasteiger partial charge in [0.05, 0.1) is 24.9 Å². The second-order valence-electron chi connectivity index (χ2n) is 12.7. The highest BCUT2D eigenvalue weighted by Crippen LogP contribution is 2.69. The zero-order valence-electron chi connectivity index (χ0n) is 20.0. The van der Waals surface area contributed by atoms with Gasteiger partial charge in [-0.1, -0.05) is 33.3 Å². The molecule has 12 unspecified atom stereocenters. The first-order valence-electron chi connectivity index (χ1n) is 13.0. The van der Waals surface area contributed by atoms with E-state index in [1.807, 2.05) is 6.08 Å². The smallest absolute Gasteiger partial charge is 0.171 e. The lowest BCUT2D eigenvalue weighted by Gasteiger charge is -2.57. The molecule has 0 aromatic carbocycles. The van der Waals surface area contributed by atoms with Crippen LogP contribution >= 0.6 is 0 Å². The average Bonchev–Trinajstić information content (AvgIpc) is 3.19. The molecule has 0 aromatic heterocycles. The van der Waals surface area contributed by atoms with Crippen LogP contribution in [0, 0.1) is 46.3 Å². The largest absolute Gasteiger partial charge is 0.390 e. The number of ether oxygens (including phenoxy) is 2. The molecule has 6 rings (SSSR count). The van der Waals surface area contributed by atoms with Gasteiger partial charge in [-0.2, -0.15) is 0 Å². The molecule has 6 aliphatic rings. The molecule has 5 nitrogen and oxygen atoms in total. The Hall–Kier alpha value is -0.750. The van der Waals surface area contributed by atoms with E-state index in [0.717, 1.165) is 38.7 Å². The fraction of sp³-hybridized carbons (Fsp3) is 0.889. The van der Waals surface area contributed by atoms with Crippen LogP contribution in [0.25, 0.3) is 0 Å². The van der Waals surface area contributed by atoms with Gasteiger partial charge in [-0.25, -0.2) is 0 Å². The molecule has 2 saturated heterocycles. The molecule has 0 aromatic rings. The Morgan fingerprint density at radius 3 is 2.56 bits per heavy atom. The highest BCUT2D eigenvalue weighted by molar-refractivity contribution is 5.97. The van der Waals surface area contributed by atoms with Gasteiger partial charge in [-0.05, 0) is 73.7 Å². The number of carbonyl (C=O) groups is 1. The zero-order chi connectivity index (χ0) is 22.6. The Morgan fingerprint density at radius 2 is 1.84 bits per heavy atom. The summed E-state index contributed by atoms with van der Waals surface area (Å²) >= 11 is 0. The molecule has 2 heterocycles. The van der Waals surface area contributed by atoms with Crippen molar-refractivity contribution >= 4 is 5.78 Å². The first kappa shape index (κ1) is 21.8. The minimum absolute atomic E-state index is 0.0920. The summed E-state index contributed by atoms with van der Waals surface area (Å²) < 4.78 is 13.1. The minimum atomic E-state index is -0.698. The van der Waals surface area contributed by atoms with Crippen molar-refractivity contribution < 1.29 is 24.5 Å². The molecule has 0 amide bonds. The normalized spacial score (nSPS) is 59.2. The Kier molecular flexibility index (Phi) is 4.69. The van der Waals surface area contributed by atoms with Gasteiger partial charge >= 0.3 is 0 Å². The molecule has 178 valence electrons. The lowest BCUT2D eigenvalue weighted by molar-refractivity contribution is -0.271. The van der Waals surface area contributed by atoms with Gasteiger partial charge < -0.3 is 19.7 Å². The van der Waals surface area contributed by atoms with Crippen LogP contribution in [-0.2, 0) is 14.3 Å². The van der Waals surface area contributed by atoms with E-state index in [2.05, 4.69) is 27.7 Å². The van der Waals surface area contributed by atoms with E-state index in [4.69, 9.17) is 9.47 Å². The Labute approximate surface area is 191 Å². The topological polar surface area (TPSA) is 76.0 Å². The van der Waals surface area contributed by atoms with Gasteiger partial charge in [0.25, 0.3) is 0 Å². The number of carbonyl (C=O) groups excluding carboxylic acids is 1. The molecule has 1 spiro atoms. The summed E-state index contributed by atoms with van der Waals surface area (Å²) in [6.45, 7) is 9.70. The van der Waals surface area contributed by atoms with Crippen molar-refractivity contribution in [2.75, 3.05) is 6.61 Å². The molecule has 32 heavy (non-hydrogen) atoms. The van der Waals surface area contributed by atoms with Crippen LogP contribution in [0.15, 0.2) is 11.6 Å². The third kappa shape index (κ3) is 2.63. The summed E-state index contributed by atoms with van der Waals surface area (Å²) in [6, 6.07) is 0. The molecule has 3 saturated carbocycles. The van der Waals surface area contributed by atoms with Gasteiger partial charge in [-0.15, -0.1) is 0 Å². The van der Waals surface area contributed by atoms with Crippen molar-refractivity contribution in [2.24, 2.45) is 46.3 Å². The Morgan fingerprint density at radius 1 is 1.06 bits per heavy atom. The molecule has 0 bridgehead atoms. The predicted molar refractivity (Wildman–Crippen MR) is 119 cm³/mol. The number of rotatable bonds is 0. The third-order valence-corrected chi connectivity index (χ3v) is 11.2. The van der Waals surface area contributed by atoms with Crippen molar-refractivity contribution in [3.05, 3.63) is 11.6 Å². The zero-order valence-corrected chi connectivity index (χ0v) is 20.0. The van der Waals surface area contributed by atoms with Crippen LogP contribution in [0.1, 0.15) is 72.6 Å². The third-order valence-electron chi connectivity index (χ3n) is 11.2. The Balaban J connectivity index is 1.35. The average molecular weight is 445 g/mol. The van der Waals surface area contributed by atoms with E-state index < -0.39 is 23.4 Å². The number of hydrogen-bond acceptors (Lipinski definition) is 5. The van der Waals surface area contributed by atoms with E-state index in [9.17, 15) is 15.0 Å². The van der Waals surface area contributed by atoms with Crippen LogP contribution in [0.4, 0.5) is 0 Å². The number of hydrogen-bond donors (Lipinski definition) is 2. The van der Waals surface area contributed by atoms with Crippen molar-refractivity contribution in [2.45, 2.75) is 96.7 Å². The predicted octanol–water partition coefficient (Wildman–Crippen LogP) is 3.86. The number of aliphatic hydroxyl groups is 2. The molecule has 12 atom stereocenters. The summed E-state index contributed by atoms with van der Waals surface area (Å²) in [5.74, 6) is 1.77. The summed E-state index contributed by atoms with van der Waals surface area (Å²) in [4.78, 5) is 13.9. The first-order chi connectivity index (χ1) is 15.1. The molecule has 2 aliphatic heterocycles. The van der Waals surface area contributed by atoms with Crippen LogP contribution in [-0.4, -0.2) is 46.7 Å². The SMILES string of the molecule is CC1CCC2(OC1)OC1CC3C4CCC5CC(O)C(O)CC5(C)C4=CC(=O)C3(C)C1C2C. The second-order valence-corrected chi connectivity index (χ2v) is 12.7. The van der Waals surface area contributed by atoms with E-state index in [1.54, 1.807) is 0 Å². The Bertz CT molecular complexity index is 843. The van der Waals surface area contributed by atoms with E-state index in [1.165, 1.54) is 5.57 Å². The molecular weight excluding hydrogens is 404 g/mol. The van der Waals surface area contributed by atoms with Crippen molar-refractivity contribution in [1.29, 1.82) is 0 Å². The van der Waals surface area contributed by atoms with Gasteiger partial charge in [0.1, 0.15) is 0 Å².